The largest absolute Gasteiger partial charge is 0.394 e. The summed E-state index contributed by atoms with van der Waals surface area (Å²) in [5.74, 6) is -0.493. The fraction of sp³-hybridized carbons (Fsp3) is 0.545. The summed E-state index contributed by atoms with van der Waals surface area (Å²) in [6, 6.07) is -0.573. The number of rotatable bonds is 4. The number of amides is 1. The molecule has 110 valence electrons. The molecule has 2 rings (SSSR count). The van der Waals surface area contributed by atoms with Crippen LogP contribution in [0.1, 0.15) is 0 Å². The first-order valence-electron chi connectivity index (χ1n) is 6.19. The van der Waals surface area contributed by atoms with Gasteiger partial charge in [-0.05, 0) is 0 Å². The van der Waals surface area contributed by atoms with Crippen molar-refractivity contribution in [3.8, 4) is 0 Å². The molecule has 1 aromatic heterocycles. The van der Waals surface area contributed by atoms with E-state index in [1.54, 1.807) is 4.90 Å². The van der Waals surface area contributed by atoms with Crippen LogP contribution in [0.3, 0.4) is 0 Å². The standard InChI is InChI=1S/C11H16ClN5O3/c12-9-7(6-15-17(3-4-18)11(9)20)16-2-1-14-5-8(16)10(13)19/h6,8,14,18H,1-5H2,(H2,13,19). The van der Waals surface area contributed by atoms with Crippen LogP contribution < -0.4 is 21.5 Å². The molecule has 20 heavy (non-hydrogen) atoms. The van der Waals surface area contributed by atoms with Crippen LogP contribution in [0, 0.1) is 0 Å². The van der Waals surface area contributed by atoms with Gasteiger partial charge in [-0.2, -0.15) is 5.10 Å². The Morgan fingerprint density at radius 1 is 1.65 bits per heavy atom. The number of hydrogen-bond acceptors (Lipinski definition) is 6. The predicted octanol–water partition coefficient (Wildman–Crippen LogP) is -1.85. The Labute approximate surface area is 120 Å². The van der Waals surface area contributed by atoms with Crippen molar-refractivity contribution in [2.45, 2.75) is 12.6 Å². The van der Waals surface area contributed by atoms with E-state index in [2.05, 4.69) is 10.4 Å². The molecule has 1 aromatic rings. The zero-order valence-electron chi connectivity index (χ0n) is 10.8. The second kappa shape index (κ2) is 6.21. The molecule has 1 atom stereocenters. The summed E-state index contributed by atoms with van der Waals surface area (Å²) in [4.78, 5) is 25.1. The van der Waals surface area contributed by atoms with Crippen molar-refractivity contribution < 1.29 is 9.90 Å². The monoisotopic (exact) mass is 301 g/mol. The number of aliphatic hydroxyl groups excluding tert-OH is 1. The first kappa shape index (κ1) is 14.8. The third-order valence-corrected chi connectivity index (χ3v) is 3.51. The van der Waals surface area contributed by atoms with Gasteiger partial charge in [0.15, 0.2) is 0 Å². The van der Waals surface area contributed by atoms with Gasteiger partial charge in [0.2, 0.25) is 5.91 Å². The molecule has 4 N–H and O–H groups in total. The molecule has 1 aliphatic heterocycles. The fourth-order valence-electron chi connectivity index (χ4n) is 2.16. The van der Waals surface area contributed by atoms with Gasteiger partial charge < -0.3 is 21.1 Å². The van der Waals surface area contributed by atoms with Crippen LogP contribution in [-0.4, -0.2) is 53.1 Å². The maximum Gasteiger partial charge on any atom is 0.287 e. The highest BCUT2D eigenvalue weighted by atomic mass is 35.5. The van der Waals surface area contributed by atoms with Gasteiger partial charge in [0.1, 0.15) is 11.1 Å². The molecule has 1 unspecified atom stereocenters. The Balaban J connectivity index is 2.39. The topological polar surface area (TPSA) is 113 Å². The molecule has 1 aliphatic rings. The number of carbonyl (C=O) groups excluding carboxylic acids is 1. The third kappa shape index (κ3) is 2.77. The highest BCUT2D eigenvalue weighted by molar-refractivity contribution is 6.33. The minimum absolute atomic E-state index is 0.0263. The Hall–Kier alpha value is -1.64. The SMILES string of the molecule is NC(=O)C1CNCCN1c1cnn(CCO)c(=O)c1Cl. The number of aliphatic hydroxyl groups is 1. The van der Waals surface area contributed by atoms with Crippen molar-refractivity contribution in [3.05, 3.63) is 21.6 Å². The van der Waals surface area contributed by atoms with Crippen LogP contribution in [0.4, 0.5) is 5.69 Å². The summed E-state index contributed by atoms with van der Waals surface area (Å²) in [6.07, 6.45) is 1.42. The zero-order valence-corrected chi connectivity index (χ0v) is 11.5. The normalized spacial score (nSPS) is 19.1. The smallest absolute Gasteiger partial charge is 0.287 e. The van der Waals surface area contributed by atoms with E-state index in [0.717, 1.165) is 4.68 Å². The van der Waals surface area contributed by atoms with Gasteiger partial charge in [-0.25, -0.2) is 4.68 Å². The third-order valence-electron chi connectivity index (χ3n) is 3.16. The quantitative estimate of drug-likeness (QED) is 0.602. The number of nitrogens with zero attached hydrogens (tertiary/aromatic N) is 3. The number of aromatic nitrogens is 2. The number of hydrogen-bond donors (Lipinski definition) is 3. The molecule has 1 amide bonds. The Morgan fingerprint density at radius 2 is 2.40 bits per heavy atom. The van der Waals surface area contributed by atoms with Crippen molar-refractivity contribution >= 4 is 23.2 Å². The van der Waals surface area contributed by atoms with E-state index in [9.17, 15) is 9.59 Å². The van der Waals surface area contributed by atoms with Crippen molar-refractivity contribution in [3.63, 3.8) is 0 Å². The molecule has 8 nitrogen and oxygen atoms in total. The summed E-state index contributed by atoms with van der Waals surface area (Å²) in [5.41, 5.74) is 5.25. The molecule has 1 saturated heterocycles. The molecule has 0 radical (unpaired) electrons. The minimum Gasteiger partial charge on any atom is -0.394 e. The van der Waals surface area contributed by atoms with E-state index in [0.29, 0.717) is 25.3 Å². The Morgan fingerprint density at radius 3 is 3.05 bits per heavy atom. The van der Waals surface area contributed by atoms with E-state index >= 15 is 0 Å². The average molecular weight is 302 g/mol. The molecular weight excluding hydrogens is 286 g/mol. The molecule has 9 heteroatoms. The summed E-state index contributed by atoms with van der Waals surface area (Å²) in [6.45, 7) is 1.41. The lowest BCUT2D eigenvalue weighted by molar-refractivity contribution is -0.119. The lowest BCUT2D eigenvalue weighted by Crippen LogP contribution is -2.57. The summed E-state index contributed by atoms with van der Waals surface area (Å²) in [7, 11) is 0. The summed E-state index contributed by atoms with van der Waals surface area (Å²) < 4.78 is 1.08. The first-order valence-corrected chi connectivity index (χ1v) is 6.57. The summed E-state index contributed by atoms with van der Waals surface area (Å²) >= 11 is 6.07. The van der Waals surface area contributed by atoms with E-state index in [1.807, 2.05) is 0 Å². The average Bonchev–Trinajstić information content (AvgIpc) is 2.44. The van der Waals surface area contributed by atoms with Gasteiger partial charge in [0.05, 0.1) is 25.0 Å². The van der Waals surface area contributed by atoms with E-state index in [1.165, 1.54) is 6.20 Å². The van der Waals surface area contributed by atoms with Crippen molar-refractivity contribution in [1.29, 1.82) is 0 Å². The number of nitrogens with one attached hydrogen (secondary N) is 1. The number of halogens is 1. The maximum absolute atomic E-state index is 12.0. The van der Waals surface area contributed by atoms with Gasteiger partial charge in [-0.1, -0.05) is 11.6 Å². The van der Waals surface area contributed by atoms with E-state index in [-0.39, 0.29) is 18.2 Å². The molecule has 0 spiro atoms. The Kier molecular flexibility index (Phi) is 4.58. The van der Waals surface area contributed by atoms with Gasteiger partial charge in [0, 0.05) is 19.6 Å². The number of piperazine rings is 1. The van der Waals surface area contributed by atoms with E-state index in [4.69, 9.17) is 22.4 Å². The lowest BCUT2D eigenvalue weighted by atomic mass is 10.1. The highest BCUT2D eigenvalue weighted by Gasteiger charge is 2.29. The van der Waals surface area contributed by atoms with Crippen molar-refractivity contribution in [2.75, 3.05) is 31.1 Å². The first-order chi connectivity index (χ1) is 9.56. The molecule has 0 aliphatic carbocycles. The second-order valence-electron chi connectivity index (χ2n) is 4.41. The molecule has 1 fully saturated rings. The van der Waals surface area contributed by atoms with Gasteiger partial charge in [0.25, 0.3) is 5.56 Å². The van der Waals surface area contributed by atoms with Crippen molar-refractivity contribution in [1.82, 2.24) is 15.1 Å². The lowest BCUT2D eigenvalue weighted by Gasteiger charge is -2.36. The van der Waals surface area contributed by atoms with Crippen LogP contribution in [0.25, 0.3) is 0 Å². The van der Waals surface area contributed by atoms with Crippen LogP contribution >= 0.6 is 11.6 Å². The molecule has 2 heterocycles. The van der Waals surface area contributed by atoms with Crippen LogP contribution in [-0.2, 0) is 11.3 Å². The van der Waals surface area contributed by atoms with Crippen LogP contribution in [0.15, 0.2) is 11.0 Å². The highest BCUT2D eigenvalue weighted by Crippen LogP contribution is 2.23. The molecule has 0 aromatic carbocycles. The van der Waals surface area contributed by atoms with Gasteiger partial charge in [-0.3, -0.25) is 9.59 Å². The number of primary amides is 1. The number of carbonyl (C=O) groups is 1. The molecule has 0 bridgehead atoms. The van der Waals surface area contributed by atoms with Gasteiger partial charge in [-0.15, -0.1) is 0 Å². The Bertz CT molecular complexity index is 561. The van der Waals surface area contributed by atoms with Crippen LogP contribution in [0.2, 0.25) is 5.02 Å². The zero-order chi connectivity index (χ0) is 14.7. The number of nitrogens with two attached hydrogens (primary N) is 1. The maximum atomic E-state index is 12.0. The van der Waals surface area contributed by atoms with Crippen LogP contribution in [0.5, 0.6) is 0 Å². The molecular formula is C11H16ClN5O3. The minimum atomic E-state index is -0.573. The second-order valence-corrected chi connectivity index (χ2v) is 4.79. The van der Waals surface area contributed by atoms with Crippen molar-refractivity contribution in [2.24, 2.45) is 5.73 Å². The summed E-state index contributed by atoms with van der Waals surface area (Å²) in [5, 5.41) is 15.8. The van der Waals surface area contributed by atoms with E-state index < -0.39 is 17.5 Å². The predicted molar refractivity (Wildman–Crippen MR) is 73.8 cm³/mol. The van der Waals surface area contributed by atoms with Gasteiger partial charge >= 0.3 is 0 Å². The fourth-order valence-corrected chi connectivity index (χ4v) is 2.41. The molecule has 0 saturated carbocycles. The number of anilines is 1.